The first kappa shape index (κ1) is 18.5. The molecule has 0 bridgehead atoms. The fourth-order valence-corrected chi connectivity index (χ4v) is 3.28. The van der Waals surface area contributed by atoms with Crippen LogP contribution in [0.15, 0.2) is 48.8 Å². The molecule has 6 heteroatoms. The maximum Gasteiger partial charge on any atom is 0.238 e. The van der Waals surface area contributed by atoms with E-state index in [4.69, 9.17) is 0 Å². The first-order valence-corrected chi connectivity index (χ1v) is 9.11. The first-order chi connectivity index (χ1) is 12.7. The molecule has 2 unspecified atom stereocenters. The molecule has 0 aliphatic carbocycles. The second-order valence-electron chi connectivity index (χ2n) is 6.53. The molecule has 3 rings (SSSR count). The maximum atomic E-state index is 13.3. The molecule has 2 atom stereocenters. The van der Waals surface area contributed by atoms with Crippen LogP contribution in [0.5, 0.6) is 0 Å². The average Bonchev–Trinajstić information content (AvgIpc) is 2.70. The summed E-state index contributed by atoms with van der Waals surface area (Å²) < 4.78 is 13.3. The van der Waals surface area contributed by atoms with Crippen LogP contribution in [0.25, 0.3) is 0 Å². The summed E-state index contributed by atoms with van der Waals surface area (Å²) in [6.45, 7) is 2.99. The van der Waals surface area contributed by atoms with Crippen LogP contribution in [0.1, 0.15) is 29.9 Å². The molecule has 1 aromatic heterocycles. The van der Waals surface area contributed by atoms with Gasteiger partial charge >= 0.3 is 0 Å². The molecule has 1 amide bonds. The third-order valence-electron chi connectivity index (χ3n) is 4.69. The zero-order valence-corrected chi connectivity index (χ0v) is 14.7. The van der Waals surface area contributed by atoms with Crippen LogP contribution >= 0.6 is 0 Å². The van der Waals surface area contributed by atoms with Crippen molar-refractivity contribution in [2.45, 2.75) is 24.8 Å². The smallest absolute Gasteiger partial charge is 0.238 e. The Morgan fingerprint density at radius 3 is 2.77 bits per heavy atom. The lowest BCUT2D eigenvalue weighted by atomic mass is 9.88. The number of halogens is 1. The van der Waals surface area contributed by atoms with Crippen molar-refractivity contribution in [3.05, 3.63) is 65.7 Å². The predicted molar refractivity (Wildman–Crippen MR) is 99.4 cm³/mol. The van der Waals surface area contributed by atoms with Crippen LogP contribution in [-0.2, 0) is 4.79 Å². The number of rotatable bonds is 7. The van der Waals surface area contributed by atoms with E-state index in [1.54, 1.807) is 6.20 Å². The Morgan fingerprint density at radius 2 is 2.08 bits per heavy atom. The Bertz CT molecular complexity index is 687. The van der Waals surface area contributed by atoms with Crippen molar-refractivity contribution >= 4 is 5.91 Å². The molecule has 1 aromatic carbocycles. The van der Waals surface area contributed by atoms with E-state index in [2.05, 4.69) is 20.9 Å². The van der Waals surface area contributed by atoms with Crippen LogP contribution < -0.4 is 16.0 Å². The van der Waals surface area contributed by atoms with E-state index in [-0.39, 0.29) is 23.7 Å². The molecule has 0 spiro atoms. The van der Waals surface area contributed by atoms with Gasteiger partial charge in [0.05, 0.1) is 6.04 Å². The lowest BCUT2D eigenvalue weighted by molar-refractivity contribution is -0.123. The van der Waals surface area contributed by atoms with E-state index in [0.717, 1.165) is 37.1 Å². The maximum absolute atomic E-state index is 13.3. The van der Waals surface area contributed by atoms with E-state index in [1.165, 1.54) is 12.1 Å². The van der Waals surface area contributed by atoms with Gasteiger partial charge in [-0.15, -0.1) is 0 Å². The Morgan fingerprint density at radius 1 is 1.23 bits per heavy atom. The van der Waals surface area contributed by atoms with Crippen LogP contribution in [0.4, 0.5) is 4.39 Å². The molecule has 3 N–H and O–H groups in total. The first-order valence-electron chi connectivity index (χ1n) is 9.11. The summed E-state index contributed by atoms with van der Waals surface area (Å²) in [4.78, 5) is 16.4. The largest absolute Gasteiger partial charge is 0.355 e. The fourth-order valence-electron chi connectivity index (χ4n) is 3.28. The summed E-state index contributed by atoms with van der Waals surface area (Å²) in [5.74, 6) is -0.0628. The fraction of sp³-hybridized carbons (Fsp3) is 0.400. The number of hydrogen-bond acceptors (Lipinski definition) is 4. The molecule has 5 nitrogen and oxygen atoms in total. The zero-order valence-electron chi connectivity index (χ0n) is 14.7. The molecule has 2 aromatic rings. The summed E-state index contributed by atoms with van der Waals surface area (Å²) in [5.41, 5.74) is 2.16. The van der Waals surface area contributed by atoms with Crippen molar-refractivity contribution in [3.63, 3.8) is 0 Å². The van der Waals surface area contributed by atoms with E-state index in [9.17, 15) is 9.18 Å². The number of nitrogens with zero attached hydrogens (tertiary/aromatic N) is 1. The monoisotopic (exact) mass is 356 g/mol. The summed E-state index contributed by atoms with van der Waals surface area (Å²) in [6.07, 6.45) is 5.29. The number of pyridine rings is 1. The van der Waals surface area contributed by atoms with Gasteiger partial charge in [0.2, 0.25) is 5.91 Å². The highest BCUT2D eigenvalue weighted by molar-refractivity contribution is 5.82. The molecule has 2 heterocycles. The number of hydrogen-bond donors (Lipinski definition) is 3. The minimum absolute atomic E-state index is 0.0388. The average molecular weight is 356 g/mol. The number of carbonyl (C=O) groups is 1. The van der Waals surface area contributed by atoms with Gasteiger partial charge < -0.3 is 16.0 Å². The zero-order chi connectivity index (χ0) is 18.2. The highest BCUT2D eigenvalue weighted by Crippen LogP contribution is 2.28. The highest BCUT2D eigenvalue weighted by Gasteiger charge is 2.20. The van der Waals surface area contributed by atoms with Gasteiger partial charge in [0.25, 0.3) is 0 Å². The topological polar surface area (TPSA) is 66.0 Å². The van der Waals surface area contributed by atoms with Crippen molar-refractivity contribution in [1.29, 1.82) is 0 Å². The minimum Gasteiger partial charge on any atom is -0.355 e. The van der Waals surface area contributed by atoms with Crippen molar-refractivity contribution in [3.8, 4) is 0 Å². The van der Waals surface area contributed by atoms with Crippen LogP contribution in [0.2, 0.25) is 0 Å². The van der Waals surface area contributed by atoms with E-state index in [1.807, 2.05) is 30.5 Å². The van der Waals surface area contributed by atoms with Gasteiger partial charge in [0.15, 0.2) is 0 Å². The minimum atomic E-state index is -0.237. The normalized spacial score (nSPS) is 18.3. The van der Waals surface area contributed by atoms with Gasteiger partial charge in [-0.3, -0.25) is 9.78 Å². The Hall–Kier alpha value is -2.31. The molecule has 0 saturated carbocycles. The van der Waals surface area contributed by atoms with Crippen molar-refractivity contribution < 1.29 is 9.18 Å². The third-order valence-corrected chi connectivity index (χ3v) is 4.69. The van der Waals surface area contributed by atoms with Gasteiger partial charge in [-0.1, -0.05) is 18.2 Å². The molecular formula is C20H25FN4O. The molecular weight excluding hydrogens is 331 g/mol. The van der Waals surface area contributed by atoms with Crippen LogP contribution in [0, 0.1) is 5.82 Å². The van der Waals surface area contributed by atoms with Crippen LogP contribution in [0.3, 0.4) is 0 Å². The van der Waals surface area contributed by atoms with Crippen molar-refractivity contribution in [2.75, 3.05) is 26.2 Å². The molecule has 26 heavy (non-hydrogen) atoms. The molecule has 138 valence electrons. The molecule has 1 aliphatic rings. The quantitative estimate of drug-likeness (QED) is 0.662. The number of aromatic nitrogens is 1. The second-order valence-corrected chi connectivity index (χ2v) is 6.53. The van der Waals surface area contributed by atoms with E-state index < -0.39 is 0 Å². The van der Waals surface area contributed by atoms with Crippen LogP contribution in [-0.4, -0.2) is 43.1 Å². The van der Waals surface area contributed by atoms with Gasteiger partial charge in [-0.05, 0) is 42.2 Å². The number of nitrogens with one attached hydrogen (secondary N) is 3. The second kappa shape index (κ2) is 9.40. The van der Waals surface area contributed by atoms with E-state index in [0.29, 0.717) is 13.1 Å². The highest BCUT2D eigenvalue weighted by atomic mass is 19.1. The predicted octanol–water partition coefficient (Wildman–Crippen LogP) is 1.81. The van der Waals surface area contributed by atoms with Crippen molar-refractivity contribution in [1.82, 2.24) is 20.9 Å². The SMILES string of the molecule is O=C(NCCCC(c1ccc(F)cc1)c1cccnc1)C1CNCCN1. The number of benzene rings is 1. The number of amides is 1. The van der Waals surface area contributed by atoms with Gasteiger partial charge in [-0.2, -0.15) is 0 Å². The summed E-state index contributed by atoms with van der Waals surface area (Å²) in [6, 6.07) is 10.4. The van der Waals surface area contributed by atoms with Gasteiger partial charge in [0.1, 0.15) is 5.82 Å². The Kier molecular flexibility index (Phi) is 6.68. The molecule has 1 fully saturated rings. The lowest BCUT2D eigenvalue weighted by Crippen LogP contribution is -2.55. The molecule has 1 aliphatic heterocycles. The number of carbonyl (C=O) groups excluding carboxylic acids is 1. The third kappa shape index (κ3) is 5.09. The summed E-state index contributed by atoms with van der Waals surface area (Å²) in [5, 5.41) is 9.42. The lowest BCUT2D eigenvalue weighted by Gasteiger charge is -2.24. The van der Waals surface area contributed by atoms with Crippen molar-refractivity contribution in [2.24, 2.45) is 0 Å². The Labute approximate surface area is 153 Å². The molecule has 0 radical (unpaired) electrons. The van der Waals surface area contributed by atoms with Gasteiger partial charge in [0, 0.05) is 44.5 Å². The van der Waals surface area contributed by atoms with E-state index >= 15 is 0 Å². The molecule has 1 saturated heterocycles. The number of piperazine rings is 1. The summed E-state index contributed by atoms with van der Waals surface area (Å²) in [7, 11) is 0. The Balaban J connectivity index is 1.56. The standard InChI is InChI=1S/C20H25FN4O/c21-17-7-5-15(6-8-17)18(16-3-1-9-22-13-16)4-2-10-25-20(26)19-14-23-11-12-24-19/h1,3,5-9,13,18-19,23-24H,2,4,10-12,14H2,(H,25,26). The van der Waals surface area contributed by atoms with Gasteiger partial charge in [-0.25, -0.2) is 4.39 Å². The summed E-state index contributed by atoms with van der Waals surface area (Å²) >= 11 is 0.